The van der Waals surface area contributed by atoms with Crippen LogP contribution in [0.3, 0.4) is 0 Å². The first-order valence-corrected chi connectivity index (χ1v) is 6.28. The first-order valence-electron chi connectivity index (χ1n) is 5.48. The molecule has 1 aromatic heterocycles. The highest BCUT2D eigenvalue weighted by Crippen LogP contribution is 2.26. The molecular formula is C14H12BrNO2. The molecule has 18 heavy (non-hydrogen) atoms. The van der Waals surface area contributed by atoms with E-state index < -0.39 is 0 Å². The molecule has 0 atom stereocenters. The van der Waals surface area contributed by atoms with Gasteiger partial charge < -0.3 is 9.15 Å². The smallest absolute Gasteiger partial charge is 0.169 e. The van der Waals surface area contributed by atoms with E-state index in [1.807, 2.05) is 38.1 Å². The third-order valence-electron chi connectivity index (χ3n) is 2.58. The molecule has 0 N–H and O–H groups in total. The lowest BCUT2D eigenvalue weighted by Crippen LogP contribution is -1.98. The molecule has 0 saturated carbocycles. The van der Waals surface area contributed by atoms with Gasteiger partial charge in [-0.1, -0.05) is 0 Å². The van der Waals surface area contributed by atoms with Crippen molar-refractivity contribution in [2.24, 2.45) is 0 Å². The lowest BCUT2D eigenvalue weighted by Gasteiger charge is -2.11. The second-order valence-corrected chi connectivity index (χ2v) is 4.83. The fraction of sp³-hybridized carbons (Fsp3) is 0.214. The molecule has 0 unspecified atom stereocenters. The van der Waals surface area contributed by atoms with Gasteiger partial charge in [0, 0.05) is 0 Å². The Bertz CT molecular complexity index is 587. The molecule has 2 rings (SSSR count). The Labute approximate surface area is 114 Å². The fourth-order valence-corrected chi connectivity index (χ4v) is 2.16. The van der Waals surface area contributed by atoms with Gasteiger partial charge >= 0.3 is 0 Å². The van der Waals surface area contributed by atoms with Crippen molar-refractivity contribution in [1.82, 2.24) is 0 Å². The molecule has 4 heteroatoms. The van der Waals surface area contributed by atoms with E-state index >= 15 is 0 Å². The van der Waals surface area contributed by atoms with Crippen LogP contribution in [0.2, 0.25) is 0 Å². The summed E-state index contributed by atoms with van der Waals surface area (Å²) in [5, 5.41) is 8.88. The second kappa shape index (κ2) is 5.28. The van der Waals surface area contributed by atoms with Gasteiger partial charge in [-0.05, 0) is 65.2 Å². The van der Waals surface area contributed by atoms with Crippen molar-refractivity contribution in [1.29, 1.82) is 5.26 Å². The molecule has 0 saturated heterocycles. The largest absolute Gasteiger partial charge is 0.485 e. The highest BCUT2D eigenvalue weighted by atomic mass is 79.9. The van der Waals surface area contributed by atoms with E-state index in [2.05, 4.69) is 22.0 Å². The Morgan fingerprint density at radius 1 is 1.28 bits per heavy atom. The number of furan rings is 1. The number of hydrogen-bond acceptors (Lipinski definition) is 3. The molecule has 0 aliphatic carbocycles. The van der Waals surface area contributed by atoms with Crippen LogP contribution in [0, 0.1) is 25.2 Å². The van der Waals surface area contributed by atoms with Crippen molar-refractivity contribution >= 4 is 15.9 Å². The van der Waals surface area contributed by atoms with Crippen molar-refractivity contribution in [3.63, 3.8) is 0 Å². The van der Waals surface area contributed by atoms with Gasteiger partial charge in [0.25, 0.3) is 0 Å². The zero-order valence-corrected chi connectivity index (χ0v) is 11.7. The molecule has 0 amide bonds. The van der Waals surface area contributed by atoms with Gasteiger partial charge in [0.2, 0.25) is 0 Å². The van der Waals surface area contributed by atoms with Crippen LogP contribution in [0.1, 0.15) is 22.5 Å². The minimum Gasteiger partial charge on any atom is -0.485 e. The minimum atomic E-state index is 0.374. The van der Waals surface area contributed by atoms with Crippen LogP contribution in [0.5, 0.6) is 5.75 Å². The Hall–Kier alpha value is -1.73. The van der Waals surface area contributed by atoms with E-state index in [0.717, 1.165) is 22.6 Å². The number of benzene rings is 1. The third-order valence-corrected chi connectivity index (χ3v) is 3.00. The summed E-state index contributed by atoms with van der Waals surface area (Å²) >= 11 is 3.25. The van der Waals surface area contributed by atoms with Crippen molar-refractivity contribution in [2.45, 2.75) is 20.5 Å². The van der Waals surface area contributed by atoms with E-state index in [0.29, 0.717) is 16.8 Å². The third kappa shape index (κ3) is 2.74. The Morgan fingerprint density at radius 3 is 2.44 bits per heavy atom. The summed E-state index contributed by atoms with van der Waals surface area (Å²) in [6.07, 6.45) is 0. The van der Waals surface area contributed by atoms with E-state index in [-0.39, 0.29) is 0 Å². The van der Waals surface area contributed by atoms with Crippen LogP contribution in [0.25, 0.3) is 0 Å². The standard InChI is InChI=1S/C14H12BrNO2/c1-9-5-11(7-16)6-10(2)14(9)17-8-12-3-4-13(15)18-12/h3-6H,8H2,1-2H3. The topological polar surface area (TPSA) is 46.2 Å². The molecule has 0 fully saturated rings. The predicted octanol–water partition coefficient (Wildman–Crippen LogP) is 4.11. The molecule has 3 nitrogen and oxygen atoms in total. The molecule has 0 spiro atoms. The molecule has 2 aromatic rings. The molecule has 1 heterocycles. The van der Waals surface area contributed by atoms with Crippen LogP contribution in [0.15, 0.2) is 33.4 Å². The Morgan fingerprint density at radius 2 is 1.94 bits per heavy atom. The van der Waals surface area contributed by atoms with Gasteiger partial charge in [-0.2, -0.15) is 5.26 Å². The monoisotopic (exact) mass is 305 g/mol. The SMILES string of the molecule is Cc1cc(C#N)cc(C)c1OCc1ccc(Br)o1. The van der Waals surface area contributed by atoms with Crippen LogP contribution >= 0.6 is 15.9 Å². The summed E-state index contributed by atoms with van der Waals surface area (Å²) in [7, 11) is 0. The maximum absolute atomic E-state index is 8.88. The van der Waals surface area contributed by atoms with Gasteiger partial charge in [0.15, 0.2) is 4.67 Å². The van der Waals surface area contributed by atoms with E-state index in [9.17, 15) is 0 Å². The zero-order valence-electron chi connectivity index (χ0n) is 10.2. The van der Waals surface area contributed by atoms with Crippen LogP contribution in [-0.2, 0) is 6.61 Å². The molecule has 1 aromatic carbocycles. The highest BCUT2D eigenvalue weighted by molar-refractivity contribution is 9.10. The number of aryl methyl sites for hydroxylation is 2. The van der Waals surface area contributed by atoms with Crippen LogP contribution < -0.4 is 4.74 Å². The van der Waals surface area contributed by atoms with Gasteiger partial charge in [0.1, 0.15) is 18.1 Å². The fourth-order valence-electron chi connectivity index (χ4n) is 1.82. The summed E-state index contributed by atoms with van der Waals surface area (Å²) in [6.45, 7) is 4.24. The molecule has 0 radical (unpaired) electrons. The zero-order chi connectivity index (χ0) is 13.1. The lowest BCUT2D eigenvalue weighted by atomic mass is 10.1. The predicted molar refractivity (Wildman–Crippen MR) is 71.4 cm³/mol. The highest BCUT2D eigenvalue weighted by Gasteiger charge is 2.08. The first-order chi connectivity index (χ1) is 8.60. The number of halogens is 1. The van der Waals surface area contributed by atoms with Crippen LogP contribution in [-0.4, -0.2) is 0 Å². The summed E-state index contributed by atoms with van der Waals surface area (Å²) in [4.78, 5) is 0. The summed E-state index contributed by atoms with van der Waals surface area (Å²) in [6, 6.07) is 9.46. The van der Waals surface area contributed by atoms with Crippen LogP contribution in [0.4, 0.5) is 0 Å². The van der Waals surface area contributed by atoms with E-state index in [1.54, 1.807) is 0 Å². The minimum absolute atomic E-state index is 0.374. The van der Waals surface area contributed by atoms with Crippen molar-refractivity contribution < 1.29 is 9.15 Å². The average Bonchev–Trinajstić information content (AvgIpc) is 2.73. The van der Waals surface area contributed by atoms with Crippen molar-refractivity contribution in [2.75, 3.05) is 0 Å². The summed E-state index contributed by atoms with van der Waals surface area (Å²) < 4.78 is 11.8. The lowest BCUT2D eigenvalue weighted by molar-refractivity contribution is 0.264. The summed E-state index contributed by atoms with van der Waals surface area (Å²) in [5.41, 5.74) is 2.56. The Balaban J connectivity index is 2.17. The molecule has 92 valence electrons. The summed E-state index contributed by atoms with van der Waals surface area (Å²) in [5.74, 6) is 1.56. The van der Waals surface area contributed by atoms with E-state index in [4.69, 9.17) is 14.4 Å². The van der Waals surface area contributed by atoms with Gasteiger partial charge in [-0.15, -0.1) is 0 Å². The molecular weight excluding hydrogens is 294 g/mol. The number of ether oxygens (including phenoxy) is 1. The number of nitrogens with zero attached hydrogens (tertiary/aromatic N) is 1. The van der Waals surface area contributed by atoms with Gasteiger partial charge in [0.05, 0.1) is 11.6 Å². The molecule has 0 aliphatic rings. The van der Waals surface area contributed by atoms with Gasteiger partial charge in [-0.25, -0.2) is 0 Å². The Kier molecular flexibility index (Phi) is 3.73. The number of rotatable bonds is 3. The maximum Gasteiger partial charge on any atom is 0.169 e. The maximum atomic E-state index is 8.88. The van der Waals surface area contributed by atoms with Crippen molar-refractivity contribution in [3.8, 4) is 11.8 Å². The second-order valence-electron chi connectivity index (χ2n) is 4.05. The van der Waals surface area contributed by atoms with Gasteiger partial charge in [-0.3, -0.25) is 0 Å². The normalized spacial score (nSPS) is 10.1. The van der Waals surface area contributed by atoms with Crippen molar-refractivity contribution in [3.05, 3.63) is 51.4 Å². The number of hydrogen-bond donors (Lipinski definition) is 0. The molecule has 0 bridgehead atoms. The number of nitriles is 1. The average molecular weight is 306 g/mol. The molecule has 0 aliphatic heterocycles. The van der Waals surface area contributed by atoms with E-state index in [1.165, 1.54) is 0 Å². The first kappa shape index (κ1) is 12.7. The quantitative estimate of drug-likeness (QED) is 0.857.